The molecule has 1 heterocycles. The number of aliphatic hydroxyl groups is 2. The first-order chi connectivity index (χ1) is 36.6. The molecule has 12 heteroatoms. The molecule has 0 aliphatic carbocycles. The summed E-state index contributed by atoms with van der Waals surface area (Å²) in [6.07, 6.45) is 48.3. The summed E-state index contributed by atoms with van der Waals surface area (Å²) in [6, 6.07) is 0. The van der Waals surface area contributed by atoms with Crippen molar-refractivity contribution in [1.29, 1.82) is 0 Å². The number of allylic oxidation sites excluding steroid dienone is 6. The van der Waals surface area contributed by atoms with Gasteiger partial charge in [0.2, 0.25) is 0 Å². The Bertz CT molecular complexity index is 1450. The molecule has 0 amide bonds. The molecule has 75 heavy (non-hydrogen) atoms. The number of carboxylic acid groups (broad SMARTS) is 1. The van der Waals surface area contributed by atoms with Crippen LogP contribution in [0.4, 0.5) is 0 Å². The van der Waals surface area contributed by atoms with Crippen LogP contribution in [0, 0.1) is 0 Å². The highest BCUT2D eigenvalue weighted by Gasteiger charge is 2.50. The molecule has 0 saturated carbocycles. The minimum absolute atomic E-state index is 0.0521. The fourth-order valence-corrected chi connectivity index (χ4v) is 9.38. The van der Waals surface area contributed by atoms with Gasteiger partial charge in [-0.25, -0.2) is 4.79 Å². The molecule has 1 aliphatic heterocycles. The molecule has 1 fully saturated rings. The van der Waals surface area contributed by atoms with E-state index in [0.29, 0.717) is 19.3 Å². The van der Waals surface area contributed by atoms with Crippen molar-refractivity contribution in [3.05, 3.63) is 36.5 Å². The first-order valence-electron chi connectivity index (χ1n) is 31.0. The quantitative estimate of drug-likeness (QED) is 0.0228. The summed E-state index contributed by atoms with van der Waals surface area (Å²) in [4.78, 5) is 51.1. The molecule has 1 rings (SSSR count). The Hall–Kier alpha value is -3.06. The van der Waals surface area contributed by atoms with E-state index in [4.69, 9.17) is 23.7 Å². The number of hydrogen-bond donors (Lipinski definition) is 3. The number of hydrogen-bond acceptors (Lipinski definition) is 11. The summed E-state index contributed by atoms with van der Waals surface area (Å²) >= 11 is 0. The molecule has 3 N–H and O–H groups in total. The van der Waals surface area contributed by atoms with Crippen LogP contribution in [0.5, 0.6) is 0 Å². The SMILES string of the molecule is CCCC/C=C\CCCCCCCC(=O)OC1C(OCC(COC(=O)CCCCCCCCC/C=C\C/C=C\CCCCC)OC(=O)CCCCCCCCCCCCCCCCCCC)OC(C(=O)O)C(O)C1O. The Morgan fingerprint density at radius 1 is 0.440 bits per heavy atom. The van der Waals surface area contributed by atoms with E-state index in [1.54, 1.807) is 0 Å². The Balaban J connectivity index is 2.66. The number of rotatable bonds is 53. The van der Waals surface area contributed by atoms with Crippen LogP contribution in [-0.2, 0) is 42.9 Å². The van der Waals surface area contributed by atoms with E-state index in [1.807, 2.05) is 0 Å². The molecule has 0 radical (unpaired) electrons. The van der Waals surface area contributed by atoms with Crippen LogP contribution in [-0.4, -0.2) is 89.2 Å². The lowest BCUT2D eigenvalue weighted by Crippen LogP contribution is -2.61. The number of esters is 3. The van der Waals surface area contributed by atoms with Crippen LogP contribution in [0.3, 0.4) is 0 Å². The maximum atomic E-state index is 13.2. The maximum Gasteiger partial charge on any atom is 0.335 e. The van der Waals surface area contributed by atoms with E-state index < -0.39 is 67.3 Å². The van der Waals surface area contributed by atoms with Crippen LogP contribution in [0.25, 0.3) is 0 Å². The molecular weight excluding hydrogens is 949 g/mol. The fraction of sp³-hybridized carbons (Fsp3) is 0.841. The Labute approximate surface area is 457 Å². The molecule has 0 spiro atoms. The van der Waals surface area contributed by atoms with Gasteiger partial charge in [0.25, 0.3) is 0 Å². The lowest BCUT2D eigenvalue weighted by Gasteiger charge is -2.40. The minimum atomic E-state index is -1.90. The van der Waals surface area contributed by atoms with E-state index in [0.717, 1.165) is 96.3 Å². The fourth-order valence-electron chi connectivity index (χ4n) is 9.38. The molecule has 6 atom stereocenters. The lowest BCUT2D eigenvalue weighted by molar-refractivity contribution is -0.301. The number of ether oxygens (including phenoxy) is 5. The van der Waals surface area contributed by atoms with Crippen molar-refractivity contribution in [1.82, 2.24) is 0 Å². The third-order valence-electron chi connectivity index (χ3n) is 14.2. The van der Waals surface area contributed by atoms with E-state index in [1.165, 1.54) is 135 Å². The predicted octanol–water partition coefficient (Wildman–Crippen LogP) is 16.0. The van der Waals surface area contributed by atoms with Crippen molar-refractivity contribution < 1.29 is 58.2 Å². The summed E-state index contributed by atoms with van der Waals surface area (Å²) in [5.74, 6) is -3.11. The number of aliphatic hydroxyl groups excluding tert-OH is 2. The molecule has 1 aliphatic rings. The number of carbonyl (C=O) groups is 4. The highest BCUT2D eigenvalue weighted by Crippen LogP contribution is 2.27. The third kappa shape index (κ3) is 41.7. The van der Waals surface area contributed by atoms with Gasteiger partial charge < -0.3 is 39.0 Å². The van der Waals surface area contributed by atoms with E-state index in [-0.39, 0.29) is 25.9 Å². The number of unbranched alkanes of at least 4 members (excludes halogenated alkanes) is 33. The van der Waals surface area contributed by atoms with Crippen LogP contribution in [0.1, 0.15) is 290 Å². The van der Waals surface area contributed by atoms with Crippen molar-refractivity contribution in [2.24, 2.45) is 0 Å². The standard InChI is InChI=1S/C63H112O12/c1-4-7-10-13-16-19-22-24-26-28-30-32-35-37-40-43-46-49-55(64)71-52-54(73-56(65)50-47-44-41-39-36-33-31-29-27-25-23-20-17-14-11-8-5-2)53-72-63-61(59(68)58(67)60(75-63)62(69)70)74-57(66)51-48-45-42-38-34-21-18-15-12-9-6-3/h15-16,18-19,24,26,54,58-61,63,67-68H,4-14,17,20-23,25,27-53H2,1-3H3,(H,69,70)/b18-15-,19-16-,26-24-. The minimum Gasteiger partial charge on any atom is -0.479 e. The molecule has 12 nitrogen and oxygen atoms in total. The van der Waals surface area contributed by atoms with Crippen molar-refractivity contribution in [2.75, 3.05) is 13.2 Å². The van der Waals surface area contributed by atoms with E-state index in [2.05, 4.69) is 57.2 Å². The van der Waals surface area contributed by atoms with Gasteiger partial charge in [-0.3, -0.25) is 14.4 Å². The number of carbonyl (C=O) groups excluding carboxylic acids is 3. The Morgan fingerprint density at radius 3 is 1.28 bits per heavy atom. The second-order valence-corrected chi connectivity index (χ2v) is 21.3. The highest BCUT2D eigenvalue weighted by molar-refractivity contribution is 5.74. The monoisotopic (exact) mass is 1060 g/mol. The molecule has 436 valence electrons. The zero-order valence-electron chi connectivity index (χ0n) is 48.1. The number of aliphatic carboxylic acids is 1. The van der Waals surface area contributed by atoms with Crippen LogP contribution in [0.15, 0.2) is 36.5 Å². The first kappa shape index (κ1) is 70.0. The molecule has 0 aromatic rings. The first-order valence-corrected chi connectivity index (χ1v) is 31.0. The van der Waals surface area contributed by atoms with Gasteiger partial charge in [0, 0.05) is 19.3 Å². The molecular formula is C63H112O12. The largest absolute Gasteiger partial charge is 0.479 e. The number of carboxylic acids is 1. The summed E-state index contributed by atoms with van der Waals surface area (Å²) in [5.41, 5.74) is 0. The summed E-state index contributed by atoms with van der Waals surface area (Å²) in [6.45, 7) is 5.95. The van der Waals surface area contributed by atoms with Crippen LogP contribution in [0.2, 0.25) is 0 Å². The van der Waals surface area contributed by atoms with Gasteiger partial charge in [-0.2, -0.15) is 0 Å². The zero-order valence-corrected chi connectivity index (χ0v) is 48.1. The summed E-state index contributed by atoms with van der Waals surface area (Å²) in [7, 11) is 0. The van der Waals surface area contributed by atoms with Gasteiger partial charge in [0.1, 0.15) is 18.8 Å². The molecule has 0 bridgehead atoms. The van der Waals surface area contributed by atoms with Gasteiger partial charge >= 0.3 is 23.9 Å². The topological polar surface area (TPSA) is 175 Å². The summed E-state index contributed by atoms with van der Waals surface area (Å²) < 4.78 is 28.5. The van der Waals surface area contributed by atoms with Gasteiger partial charge in [-0.1, -0.05) is 237 Å². The average Bonchev–Trinajstić information content (AvgIpc) is 3.39. The van der Waals surface area contributed by atoms with Gasteiger partial charge in [0.15, 0.2) is 24.6 Å². The molecule has 1 saturated heterocycles. The summed E-state index contributed by atoms with van der Waals surface area (Å²) in [5, 5.41) is 31.5. The van der Waals surface area contributed by atoms with Crippen molar-refractivity contribution in [2.45, 2.75) is 327 Å². The van der Waals surface area contributed by atoms with Gasteiger partial charge in [-0.05, 0) is 70.6 Å². The third-order valence-corrected chi connectivity index (χ3v) is 14.2. The van der Waals surface area contributed by atoms with Crippen LogP contribution >= 0.6 is 0 Å². The zero-order chi connectivity index (χ0) is 54.7. The van der Waals surface area contributed by atoms with Crippen molar-refractivity contribution in [3.63, 3.8) is 0 Å². The average molecular weight is 1060 g/mol. The Morgan fingerprint density at radius 2 is 0.813 bits per heavy atom. The second-order valence-electron chi connectivity index (χ2n) is 21.3. The van der Waals surface area contributed by atoms with Gasteiger partial charge in [-0.15, -0.1) is 0 Å². The van der Waals surface area contributed by atoms with Crippen molar-refractivity contribution in [3.8, 4) is 0 Å². The van der Waals surface area contributed by atoms with Gasteiger partial charge in [0.05, 0.1) is 6.61 Å². The van der Waals surface area contributed by atoms with E-state index >= 15 is 0 Å². The van der Waals surface area contributed by atoms with E-state index in [9.17, 15) is 34.5 Å². The predicted molar refractivity (Wildman–Crippen MR) is 303 cm³/mol. The van der Waals surface area contributed by atoms with Crippen molar-refractivity contribution >= 4 is 23.9 Å². The smallest absolute Gasteiger partial charge is 0.335 e. The second kappa shape index (κ2) is 51.7. The maximum absolute atomic E-state index is 13.2. The molecule has 0 aromatic heterocycles. The van der Waals surface area contributed by atoms with Crippen LogP contribution < -0.4 is 0 Å². The normalized spacial score (nSPS) is 18.3. The molecule has 0 aromatic carbocycles. The molecule has 6 unspecified atom stereocenters. The Kier molecular flexibility index (Phi) is 48.2. The highest BCUT2D eigenvalue weighted by atomic mass is 16.7. The lowest BCUT2D eigenvalue weighted by atomic mass is 9.98.